The van der Waals surface area contributed by atoms with Crippen molar-refractivity contribution in [1.29, 1.82) is 5.26 Å². The van der Waals surface area contributed by atoms with Crippen LogP contribution in [0.4, 0.5) is 5.69 Å². The summed E-state index contributed by atoms with van der Waals surface area (Å²) in [5, 5.41) is 24.2. The van der Waals surface area contributed by atoms with Gasteiger partial charge >= 0.3 is 5.97 Å². The number of hydrogen-bond acceptors (Lipinski definition) is 4. The highest BCUT2D eigenvalue weighted by Gasteiger charge is 2.15. The van der Waals surface area contributed by atoms with E-state index in [0.29, 0.717) is 5.69 Å². The summed E-state index contributed by atoms with van der Waals surface area (Å²) in [6.45, 7) is 2.06. The van der Waals surface area contributed by atoms with E-state index in [1.807, 2.05) is 6.07 Å². The van der Waals surface area contributed by atoms with Gasteiger partial charge in [0, 0.05) is 11.9 Å². The molecule has 154 valence electrons. The Balaban J connectivity index is 1.69. The van der Waals surface area contributed by atoms with E-state index in [1.165, 1.54) is 54.4 Å². The number of hydrogen-bond donors (Lipinski definition) is 3. The number of nitrogens with one attached hydrogen (secondary N) is 2. The SMILES string of the molecule is CCC(N/C=C(/C#N)C(=O)Nc1ccc(C(=O)O)cc1)c1ccc2c(c1)CCCC2. The number of nitriles is 1. The first-order valence-electron chi connectivity index (χ1n) is 10.1. The largest absolute Gasteiger partial charge is 0.478 e. The van der Waals surface area contributed by atoms with Gasteiger partial charge in [-0.05, 0) is 73.1 Å². The first-order chi connectivity index (χ1) is 14.5. The normalized spacial score (nSPS) is 14.2. The lowest BCUT2D eigenvalue weighted by Gasteiger charge is -2.21. The number of carbonyl (C=O) groups is 2. The van der Waals surface area contributed by atoms with Crippen molar-refractivity contribution < 1.29 is 14.7 Å². The minimum Gasteiger partial charge on any atom is -0.478 e. The number of rotatable bonds is 7. The van der Waals surface area contributed by atoms with Crippen LogP contribution in [0.2, 0.25) is 0 Å². The second kappa shape index (κ2) is 9.75. The summed E-state index contributed by atoms with van der Waals surface area (Å²) >= 11 is 0. The number of anilines is 1. The topological polar surface area (TPSA) is 102 Å². The molecule has 6 heteroatoms. The minimum absolute atomic E-state index is 0.00299. The Kier molecular flexibility index (Phi) is 6.87. The zero-order valence-electron chi connectivity index (χ0n) is 16.9. The number of benzene rings is 2. The molecule has 0 spiro atoms. The molecule has 1 aliphatic rings. The quantitative estimate of drug-likeness (QED) is 0.471. The van der Waals surface area contributed by atoms with Gasteiger partial charge in [0.15, 0.2) is 0 Å². The van der Waals surface area contributed by atoms with Crippen molar-refractivity contribution in [3.63, 3.8) is 0 Å². The minimum atomic E-state index is -1.04. The van der Waals surface area contributed by atoms with Gasteiger partial charge in [-0.3, -0.25) is 4.79 Å². The first-order valence-corrected chi connectivity index (χ1v) is 10.1. The van der Waals surface area contributed by atoms with Gasteiger partial charge in [0.05, 0.1) is 11.6 Å². The highest BCUT2D eigenvalue weighted by atomic mass is 16.4. The Labute approximate surface area is 176 Å². The van der Waals surface area contributed by atoms with Gasteiger partial charge < -0.3 is 15.7 Å². The second-order valence-electron chi connectivity index (χ2n) is 7.37. The van der Waals surface area contributed by atoms with Gasteiger partial charge in [-0.25, -0.2) is 4.79 Å². The van der Waals surface area contributed by atoms with Crippen LogP contribution < -0.4 is 10.6 Å². The molecule has 0 aliphatic heterocycles. The maximum atomic E-state index is 12.4. The van der Waals surface area contributed by atoms with Gasteiger partial charge in [-0.15, -0.1) is 0 Å². The molecule has 1 amide bonds. The molecule has 3 N–H and O–H groups in total. The summed E-state index contributed by atoms with van der Waals surface area (Å²) in [5.41, 5.74) is 4.46. The number of nitrogens with zero attached hydrogens (tertiary/aromatic N) is 1. The van der Waals surface area contributed by atoms with Crippen LogP contribution in [-0.2, 0) is 17.6 Å². The molecule has 0 bridgehead atoms. The number of carboxylic acid groups (broad SMARTS) is 1. The van der Waals surface area contributed by atoms with E-state index in [0.717, 1.165) is 24.8 Å². The maximum Gasteiger partial charge on any atom is 0.335 e. The van der Waals surface area contributed by atoms with Crippen LogP contribution in [0.25, 0.3) is 0 Å². The van der Waals surface area contributed by atoms with Crippen LogP contribution in [0.15, 0.2) is 54.2 Å². The molecule has 0 radical (unpaired) electrons. The van der Waals surface area contributed by atoms with E-state index in [9.17, 15) is 14.9 Å². The van der Waals surface area contributed by atoms with Crippen molar-refractivity contribution >= 4 is 17.6 Å². The lowest BCUT2D eigenvalue weighted by Crippen LogP contribution is -2.20. The van der Waals surface area contributed by atoms with E-state index in [1.54, 1.807) is 0 Å². The van der Waals surface area contributed by atoms with E-state index >= 15 is 0 Å². The Morgan fingerprint density at radius 1 is 1.13 bits per heavy atom. The molecule has 2 aromatic carbocycles. The van der Waals surface area contributed by atoms with Crippen LogP contribution in [0, 0.1) is 11.3 Å². The first kappa shape index (κ1) is 21.1. The van der Waals surface area contributed by atoms with E-state index in [2.05, 4.69) is 35.8 Å². The van der Waals surface area contributed by atoms with Gasteiger partial charge in [-0.2, -0.15) is 5.26 Å². The van der Waals surface area contributed by atoms with Gasteiger partial charge in [-0.1, -0.05) is 25.1 Å². The highest BCUT2D eigenvalue weighted by molar-refractivity contribution is 6.06. The fourth-order valence-corrected chi connectivity index (χ4v) is 3.65. The number of carbonyl (C=O) groups excluding carboxylic acids is 1. The van der Waals surface area contributed by atoms with Crippen molar-refractivity contribution in [3.8, 4) is 6.07 Å². The zero-order chi connectivity index (χ0) is 21.5. The Bertz CT molecular complexity index is 1000. The average molecular weight is 403 g/mol. The van der Waals surface area contributed by atoms with Gasteiger partial charge in [0.25, 0.3) is 5.91 Å². The van der Waals surface area contributed by atoms with Crippen LogP contribution in [0.3, 0.4) is 0 Å². The lowest BCUT2D eigenvalue weighted by atomic mass is 9.89. The third-order valence-corrected chi connectivity index (χ3v) is 5.37. The summed E-state index contributed by atoms with van der Waals surface area (Å²) in [7, 11) is 0. The molecule has 1 unspecified atom stereocenters. The van der Waals surface area contributed by atoms with Crippen molar-refractivity contribution in [3.05, 3.63) is 76.5 Å². The van der Waals surface area contributed by atoms with Crippen LogP contribution in [-0.4, -0.2) is 17.0 Å². The zero-order valence-corrected chi connectivity index (χ0v) is 16.9. The molecular formula is C24H25N3O3. The molecule has 1 aliphatic carbocycles. The van der Waals surface area contributed by atoms with Gasteiger partial charge in [0.2, 0.25) is 0 Å². The summed E-state index contributed by atoms with van der Waals surface area (Å²) in [5.74, 6) is -1.59. The molecule has 30 heavy (non-hydrogen) atoms. The summed E-state index contributed by atoms with van der Waals surface area (Å²) in [6.07, 6.45) is 6.95. The molecule has 0 aromatic heterocycles. The van der Waals surface area contributed by atoms with Crippen LogP contribution in [0.1, 0.15) is 59.3 Å². The summed E-state index contributed by atoms with van der Waals surface area (Å²) in [6, 6.07) is 14.3. The fourth-order valence-electron chi connectivity index (χ4n) is 3.65. The standard InChI is InChI=1S/C24H25N3O3/c1-2-22(19-8-7-16-5-3-4-6-18(16)13-19)26-15-20(14-25)23(28)27-21-11-9-17(10-12-21)24(29)30/h7-13,15,22,26H,2-6H2,1H3,(H,27,28)(H,29,30)/b20-15-. The Morgan fingerprint density at radius 2 is 1.83 bits per heavy atom. The molecule has 0 heterocycles. The molecule has 1 atom stereocenters. The Morgan fingerprint density at radius 3 is 2.47 bits per heavy atom. The van der Waals surface area contributed by atoms with E-state index in [-0.39, 0.29) is 17.2 Å². The van der Waals surface area contributed by atoms with Crippen molar-refractivity contribution in [2.24, 2.45) is 0 Å². The molecule has 6 nitrogen and oxygen atoms in total. The lowest BCUT2D eigenvalue weighted by molar-refractivity contribution is -0.112. The smallest absolute Gasteiger partial charge is 0.335 e. The number of carboxylic acids is 1. The predicted molar refractivity (Wildman–Crippen MR) is 115 cm³/mol. The summed E-state index contributed by atoms with van der Waals surface area (Å²) in [4.78, 5) is 23.3. The highest BCUT2D eigenvalue weighted by Crippen LogP contribution is 2.26. The third kappa shape index (κ3) is 5.06. The maximum absolute atomic E-state index is 12.4. The molecule has 3 rings (SSSR count). The monoisotopic (exact) mass is 403 g/mol. The second-order valence-corrected chi connectivity index (χ2v) is 7.37. The number of aromatic carboxylic acids is 1. The molecular weight excluding hydrogens is 378 g/mol. The van der Waals surface area contributed by atoms with Crippen molar-refractivity contribution in [1.82, 2.24) is 5.32 Å². The molecule has 0 saturated carbocycles. The number of fused-ring (bicyclic) bond motifs is 1. The number of amides is 1. The van der Waals surface area contributed by atoms with E-state index < -0.39 is 11.9 Å². The molecule has 0 fully saturated rings. The molecule has 0 saturated heterocycles. The van der Waals surface area contributed by atoms with Gasteiger partial charge in [0.1, 0.15) is 11.6 Å². The fraction of sp³-hybridized carbons (Fsp3) is 0.292. The van der Waals surface area contributed by atoms with Crippen molar-refractivity contribution in [2.75, 3.05) is 5.32 Å². The van der Waals surface area contributed by atoms with Crippen LogP contribution >= 0.6 is 0 Å². The average Bonchev–Trinajstić information content (AvgIpc) is 2.77. The summed E-state index contributed by atoms with van der Waals surface area (Å²) < 4.78 is 0. The number of aryl methyl sites for hydroxylation is 2. The Hall–Kier alpha value is -3.59. The van der Waals surface area contributed by atoms with Crippen LogP contribution in [0.5, 0.6) is 0 Å². The van der Waals surface area contributed by atoms with E-state index in [4.69, 9.17) is 5.11 Å². The van der Waals surface area contributed by atoms with Crippen molar-refractivity contribution in [2.45, 2.75) is 45.1 Å². The third-order valence-electron chi connectivity index (χ3n) is 5.37. The molecule has 2 aromatic rings. The predicted octanol–water partition coefficient (Wildman–Crippen LogP) is 4.35.